The van der Waals surface area contributed by atoms with Crippen LogP contribution in [0.25, 0.3) is 11.1 Å². The number of hydrogen-bond acceptors (Lipinski definition) is 5. The van der Waals surface area contributed by atoms with Gasteiger partial charge in [0.25, 0.3) is 5.56 Å². The molecular weight excluding hydrogens is 360 g/mol. The lowest BCUT2D eigenvalue weighted by Crippen LogP contribution is -2.16. The zero-order valence-corrected chi connectivity index (χ0v) is 12.6. The molecule has 6 nitrogen and oxygen atoms in total. The fourth-order valence-corrected chi connectivity index (χ4v) is 2.55. The first-order chi connectivity index (χ1) is 9.92. The summed E-state index contributed by atoms with van der Waals surface area (Å²) < 4.78 is 0.363. The van der Waals surface area contributed by atoms with Crippen molar-refractivity contribution in [2.75, 3.05) is 5.73 Å². The fraction of sp³-hybridized carbons (Fsp3) is 0. The molecule has 2 aromatic rings. The van der Waals surface area contributed by atoms with Crippen molar-refractivity contribution in [2.45, 2.75) is 0 Å². The van der Waals surface area contributed by atoms with E-state index in [0.29, 0.717) is 4.47 Å². The Balaban J connectivity index is 3.09. The number of H-pyrrole nitrogens is 1. The number of aromatic amines is 1. The Kier molecular flexibility index (Phi) is 3.90. The molecule has 0 saturated heterocycles. The number of rotatable bonds is 1. The van der Waals surface area contributed by atoms with Gasteiger partial charge >= 0.3 is 0 Å². The summed E-state index contributed by atoms with van der Waals surface area (Å²) in [5, 5.41) is 28.5. The van der Waals surface area contributed by atoms with E-state index in [0.717, 1.165) is 0 Å². The van der Waals surface area contributed by atoms with Gasteiger partial charge in [0, 0.05) is 15.6 Å². The van der Waals surface area contributed by atoms with E-state index in [1.165, 1.54) is 12.1 Å². The monoisotopic (exact) mass is 364 g/mol. The highest BCUT2D eigenvalue weighted by Crippen LogP contribution is 2.43. The van der Waals surface area contributed by atoms with Crippen LogP contribution in [0, 0.1) is 22.7 Å². The molecule has 21 heavy (non-hydrogen) atoms. The topological polar surface area (TPSA) is 127 Å². The van der Waals surface area contributed by atoms with Crippen molar-refractivity contribution in [3.63, 3.8) is 0 Å². The van der Waals surface area contributed by atoms with Crippen molar-refractivity contribution in [3.8, 4) is 29.0 Å². The first-order valence-corrected chi connectivity index (χ1v) is 6.62. The van der Waals surface area contributed by atoms with E-state index in [2.05, 4.69) is 20.9 Å². The molecule has 0 aliphatic heterocycles. The summed E-state index contributed by atoms with van der Waals surface area (Å²) in [5.41, 5.74) is 4.41. The summed E-state index contributed by atoms with van der Waals surface area (Å²) in [4.78, 5) is 14.1. The highest BCUT2D eigenvalue weighted by atomic mass is 79.9. The van der Waals surface area contributed by atoms with Gasteiger partial charge < -0.3 is 15.8 Å². The zero-order chi connectivity index (χ0) is 15.7. The third kappa shape index (κ3) is 2.33. The molecule has 4 N–H and O–H groups in total. The summed E-state index contributed by atoms with van der Waals surface area (Å²) in [7, 11) is 0. The molecule has 2 rings (SSSR count). The Bertz CT molecular complexity index is 893. The number of nitriles is 2. The molecule has 104 valence electrons. The van der Waals surface area contributed by atoms with Gasteiger partial charge in [0.15, 0.2) is 0 Å². The number of pyridine rings is 1. The molecule has 0 spiro atoms. The van der Waals surface area contributed by atoms with Crippen molar-refractivity contribution in [2.24, 2.45) is 0 Å². The van der Waals surface area contributed by atoms with Gasteiger partial charge in [0.1, 0.15) is 34.8 Å². The summed E-state index contributed by atoms with van der Waals surface area (Å²) in [6.45, 7) is 0. The minimum absolute atomic E-state index is 0.0137. The van der Waals surface area contributed by atoms with E-state index in [1.807, 2.05) is 6.07 Å². The molecular formula is C13H6BrClN4O2. The van der Waals surface area contributed by atoms with Crippen LogP contribution in [-0.4, -0.2) is 10.1 Å². The highest BCUT2D eigenvalue weighted by Gasteiger charge is 2.23. The Hall–Kier alpha value is -2.48. The van der Waals surface area contributed by atoms with Crippen molar-refractivity contribution < 1.29 is 5.11 Å². The molecule has 0 atom stereocenters. The first-order valence-electron chi connectivity index (χ1n) is 5.45. The second kappa shape index (κ2) is 5.49. The summed E-state index contributed by atoms with van der Waals surface area (Å²) in [6.07, 6.45) is 0. The third-order valence-corrected chi connectivity index (χ3v) is 3.76. The number of hydrogen-bond donors (Lipinski definition) is 3. The molecule has 0 aliphatic carbocycles. The summed E-state index contributed by atoms with van der Waals surface area (Å²) >= 11 is 9.06. The van der Waals surface area contributed by atoms with E-state index in [1.54, 1.807) is 6.07 Å². The predicted molar refractivity (Wildman–Crippen MR) is 80.7 cm³/mol. The predicted octanol–water partition coefficient (Wildman–Crippen LogP) is 2.49. The quantitative estimate of drug-likeness (QED) is 0.715. The lowest BCUT2D eigenvalue weighted by molar-refractivity contribution is 0.477. The van der Waals surface area contributed by atoms with Gasteiger partial charge in [0.05, 0.1) is 5.02 Å². The molecule has 0 amide bonds. The maximum Gasteiger partial charge on any atom is 0.268 e. The van der Waals surface area contributed by atoms with Crippen LogP contribution in [0.4, 0.5) is 5.82 Å². The third-order valence-electron chi connectivity index (χ3n) is 2.80. The number of nitrogens with zero attached hydrogens (tertiary/aromatic N) is 2. The van der Waals surface area contributed by atoms with Gasteiger partial charge in [-0.15, -0.1) is 0 Å². The van der Waals surface area contributed by atoms with Crippen LogP contribution in [0.1, 0.15) is 11.1 Å². The molecule has 0 fully saturated rings. The maximum absolute atomic E-state index is 11.8. The molecule has 1 heterocycles. The van der Waals surface area contributed by atoms with Gasteiger partial charge in [-0.1, -0.05) is 27.5 Å². The minimum Gasteiger partial charge on any atom is -0.506 e. The molecule has 1 aromatic heterocycles. The average molecular weight is 366 g/mol. The van der Waals surface area contributed by atoms with Gasteiger partial charge in [-0.3, -0.25) is 4.79 Å². The standard InChI is InChI=1S/C13H6BrClN4O2/c14-7-1-2-8(15)11(20)10(7)9-5(3-16)12(18)19-13(21)6(9)4-17/h1-2,20H,(H3,18,19,21). The molecule has 0 aliphatic rings. The number of halogens is 2. The van der Waals surface area contributed by atoms with E-state index in [9.17, 15) is 20.4 Å². The van der Waals surface area contributed by atoms with Gasteiger partial charge in [-0.2, -0.15) is 10.5 Å². The number of nitrogens with two attached hydrogens (primary N) is 1. The number of anilines is 1. The van der Waals surface area contributed by atoms with Crippen LogP contribution in [0.3, 0.4) is 0 Å². The zero-order valence-electron chi connectivity index (χ0n) is 10.2. The lowest BCUT2D eigenvalue weighted by Gasteiger charge is -2.13. The maximum atomic E-state index is 11.8. The highest BCUT2D eigenvalue weighted by molar-refractivity contribution is 9.10. The first kappa shape index (κ1) is 14.9. The number of nitrogens with one attached hydrogen (secondary N) is 1. The van der Waals surface area contributed by atoms with Gasteiger partial charge in [-0.05, 0) is 12.1 Å². The molecule has 8 heteroatoms. The number of aromatic hydroxyl groups is 1. The number of aromatic nitrogens is 1. The van der Waals surface area contributed by atoms with Crippen molar-refractivity contribution in [1.82, 2.24) is 4.98 Å². The number of phenols is 1. The van der Waals surface area contributed by atoms with Crippen LogP contribution in [0.2, 0.25) is 5.02 Å². The Morgan fingerprint density at radius 1 is 1.24 bits per heavy atom. The summed E-state index contributed by atoms with van der Waals surface area (Å²) in [5.74, 6) is -0.549. The Morgan fingerprint density at radius 3 is 2.43 bits per heavy atom. The van der Waals surface area contributed by atoms with E-state index >= 15 is 0 Å². The normalized spacial score (nSPS) is 9.90. The lowest BCUT2D eigenvalue weighted by atomic mass is 9.96. The smallest absolute Gasteiger partial charge is 0.268 e. The second-order valence-corrected chi connectivity index (χ2v) is 5.23. The molecule has 0 radical (unpaired) electrons. The van der Waals surface area contributed by atoms with E-state index in [4.69, 9.17) is 17.3 Å². The van der Waals surface area contributed by atoms with Gasteiger partial charge in [-0.25, -0.2) is 0 Å². The second-order valence-electron chi connectivity index (χ2n) is 3.97. The van der Waals surface area contributed by atoms with Crippen LogP contribution in [-0.2, 0) is 0 Å². The van der Waals surface area contributed by atoms with E-state index < -0.39 is 5.56 Å². The van der Waals surface area contributed by atoms with Crippen molar-refractivity contribution in [1.29, 1.82) is 10.5 Å². The van der Waals surface area contributed by atoms with Crippen LogP contribution < -0.4 is 11.3 Å². The number of phenolic OH excluding ortho intramolecular Hbond substituents is 1. The Labute approximate surface area is 132 Å². The van der Waals surface area contributed by atoms with Crippen LogP contribution >= 0.6 is 27.5 Å². The molecule has 1 aromatic carbocycles. The van der Waals surface area contributed by atoms with Crippen molar-refractivity contribution >= 4 is 33.3 Å². The van der Waals surface area contributed by atoms with Crippen molar-refractivity contribution in [3.05, 3.63) is 43.1 Å². The van der Waals surface area contributed by atoms with Crippen LogP contribution in [0.5, 0.6) is 5.75 Å². The average Bonchev–Trinajstić information content (AvgIpc) is 2.43. The van der Waals surface area contributed by atoms with Crippen LogP contribution in [0.15, 0.2) is 21.4 Å². The minimum atomic E-state index is -0.754. The summed E-state index contributed by atoms with van der Waals surface area (Å²) in [6, 6.07) is 6.48. The number of benzene rings is 1. The van der Waals surface area contributed by atoms with E-state index in [-0.39, 0.29) is 38.8 Å². The SMILES string of the molecule is N#Cc1c(N)[nH]c(=O)c(C#N)c1-c1c(Br)ccc(Cl)c1O. The largest absolute Gasteiger partial charge is 0.506 e. The van der Waals surface area contributed by atoms with Gasteiger partial charge in [0.2, 0.25) is 0 Å². The molecule has 0 unspecified atom stereocenters. The number of nitrogen functional groups attached to an aromatic ring is 1. The fourth-order valence-electron chi connectivity index (χ4n) is 1.87. The Morgan fingerprint density at radius 2 is 1.86 bits per heavy atom. The molecule has 0 saturated carbocycles. The molecule has 0 bridgehead atoms.